The summed E-state index contributed by atoms with van der Waals surface area (Å²) in [5, 5.41) is 8.96. The number of nitrogens with two attached hydrogens (primary N) is 1. The lowest BCUT2D eigenvalue weighted by Gasteiger charge is -2.08. The van der Waals surface area contributed by atoms with E-state index in [0.717, 1.165) is 11.3 Å². The van der Waals surface area contributed by atoms with Crippen LogP contribution >= 0.6 is 0 Å². The van der Waals surface area contributed by atoms with Crippen molar-refractivity contribution in [1.29, 1.82) is 5.26 Å². The van der Waals surface area contributed by atoms with Crippen molar-refractivity contribution >= 4 is 11.8 Å². The minimum absolute atomic E-state index is 0.254. The van der Waals surface area contributed by atoms with Crippen LogP contribution in [0.1, 0.15) is 30.2 Å². The molecule has 0 aliphatic carbocycles. The fraction of sp³-hybridized carbons (Fsp3) is 0.500. The molecule has 0 fully saturated rings. The first-order chi connectivity index (χ1) is 8.02. The molecular weight excluding hydrogens is 218 g/mol. The molecule has 5 heteroatoms. The van der Waals surface area contributed by atoms with Crippen molar-refractivity contribution in [3.63, 3.8) is 0 Å². The van der Waals surface area contributed by atoms with Crippen LogP contribution in [0, 0.1) is 25.2 Å². The molecule has 0 unspecified atom stereocenters. The molecule has 2 N–H and O–H groups in total. The molecule has 0 saturated carbocycles. The van der Waals surface area contributed by atoms with Crippen LogP contribution in [-0.4, -0.2) is 17.1 Å². The van der Waals surface area contributed by atoms with E-state index in [1.165, 1.54) is 0 Å². The quantitative estimate of drug-likeness (QED) is 0.802. The molecule has 1 aromatic rings. The SMILES string of the molecule is CCOC(=O)CCn1c(C)c(C)c(C#N)c1N. The van der Waals surface area contributed by atoms with Gasteiger partial charge in [-0.3, -0.25) is 4.79 Å². The monoisotopic (exact) mass is 235 g/mol. The van der Waals surface area contributed by atoms with Gasteiger partial charge in [0.25, 0.3) is 0 Å². The summed E-state index contributed by atoms with van der Waals surface area (Å²) in [4.78, 5) is 11.3. The highest BCUT2D eigenvalue weighted by Gasteiger charge is 2.15. The number of anilines is 1. The van der Waals surface area contributed by atoms with Crippen LogP contribution in [0.5, 0.6) is 0 Å². The summed E-state index contributed by atoms with van der Waals surface area (Å²) in [5.41, 5.74) is 8.15. The first kappa shape index (κ1) is 13.1. The number of nitrogen functional groups attached to an aromatic ring is 1. The molecule has 1 aromatic heterocycles. The van der Waals surface area contributed by atoms with Gasteiger partial charge in [0.15, 0.2) is 0 Å². The summed E-state index contributed by atoms with van der Waals surface area (Å²) >= 11 is 0. The number of aromatic nitrogens is 1. The van der Waals surface area contributed by atoms with E-state index in [9.17, 15) is 4.79 Å². The molecule has 0 aliphatic heterocycles. The first-order valence-electron chi connectivity index (χ1n) is 5.53. The van der Waals surface area contributed by atoms with Gasteiger partial charge in [-0.05, 0) is 26.3 Å². The summed E-state index contributed by atoms with van der Waals surface area (Å²) in [5.74, 6) is 0.169. The average molecular weight is 235 g/mol. The molecular formula is C12H17N3O2. The maximum absolute atomic E-state index is 11.3. The van der Waals surface area contributed by atoms with Crippen LogP contribution in [0.3, 0.4) is 0 Å². The van der Waals surface area contributed by atoms with Gasteiger partial charge < -0.3 is 15.0 Å². The fourth-order valence-corrected chi connectivity index (χ4v) is 1.76. The van der Waals surface area contributed by atoms with Gasteiger partial charge in [0.05, 0.1) is 18.6 Å². The van der Waals surface area contributed by atoms with Crippen molar-refractivity contribution < 1.29 is 9.53 Å². The Morgan fingerprint density at radius 3 is 2.65 bits per heavy atom. The van der Waals surface area contributed by atoms with Crippen LogP contribution in [-0.2, 0) is 16.1 Å². The highest BCUT2D eigenvalue weighted by Crippen LogP contribution is 2.23. The van der Waals surface area contributed by atoms with Gasteiger partial charge in [-0.1, -0.05) is 0 Å². The van der Waals surface area contributed by atoms with E-state index in [4.69, 9.17) is 15.7 Å². The normalized spacial score (nSPS) is 10.0. The van der Waals surface area contributed by atoms with Crippen molar-refractivity contribution in [2.75, 3.05) is 12.3 Å². The number of esters is 1. The maximum atomic E-state index is 11.3. The summed E-state index contributed by atoms with van der Waals surface area (Å²) in [6, 6.07) is 2.08. The second-order valence-corrected chi connectivity index (χ2v) is 3.79. The van der Waals surface area contributed by atoms with E-state index < -0.39 is 0 Å². The van der Waals surface area contributed by atoms with Gasteiger partial charge in [-0.15, -0.1) is 0 Å². The molecule has 0 atom stereocenters. The standard InChI is InChI=1S/C12H17N3O2/c1-4-17-11(16)5-6-15-9(3)8(2)10(7-13)12(15)14/h4-6,14H2,1-3H3. The summed E-state index contributed by atoms with van der Waals surface area (Å²) < 4.78 is 6.63. The smallest absolute Gasteiger partial charge is 0.307 e. The van der Waals surface area contributed by atoms with Crippen molar-refractivity contribution in [2.24, 2.45) is 0 Å². The maximum Gasteiger partial charge on any atom is 0.307 e. The molecule has 17 heavy (non-hydrogen) atoms. The van der Waals surface area contributed by atoms with E-state index >= 15 is 0 Å². The third-order valence-corrected chi connectivity index (χ3v) is 2.83. The van der Waals surface area contributed by atoms with Crippen LogP contribution in [0.15, 0.2) is 0 Å². The predicted octanol–water partition coefficient (Wildman–Crippen LogP) is 1.51. The van der Waals surface area contributed by atoms with Crippen LogP contribution in [0.4, 0.5) is 5.82 Å². The number of rotatable bonds is 4. The summed E-state index contributed by atoms with van der Waals surface area (Å²) in [6.45, 7) is 6.33. The molecule has 0 saturated heterocycles. The Bertz CT molecular complexity index is 469. The lowest BCUT2D eigenvalue weighted by Crippen LogP contribution is -2.11. The zero-order valence-corrected chi connectivity index (χ0v) is 10.4. The van der Waals surface area contributed by atoms with Gasteiger partial charge >= 0.3 is 5.97 Å². The third kappa shape index (κ3) is 2.59. The highest BCUT2D eigenvalue weighted by molar-refractivity contribution is 5.69. The molecule has 0 radical (unpaired) electrons. The van der Waals surface area contributed by atoms with Crippen molar-refractivity contribution in [3.05, 3.63) is 16.8 Å². The second-order valence-electron chi connectivity index (χ2n) is 3.79. The lowest BCUT2D eigenvalue weighted by molar-refractivity contribution is -0.143. The van der Waals surface area contributed by atoms with Gasteiger partial charge in [0, 0.05) is 12.2 Å². The molecule has 1 heterocycles. The fourth-order valence-electron chi connectivity index (χ4n) is 1.76. The molecule has 0 aliphatic rings. The number of carbonyl (C=O) groups excluding carboxylic acids is 1. The van der Waals surface area contributed by atoms with Gasteiger partial charge in [0.1, 0.15) is 11.9 Å². The molecule has 5 nitrogen and oxygen atoms in total. The van der Waals surface area contributed by atoms with Crippen LogP contribution < -0.4 is 5.73 Å². The van der Waals surface area contributed by atoms with Gasteiger partial charge in [-0.2, -0.15) is 5.26 Å². The minimum Gasteiger partial charge on any atom is -0.466 e. The molecule has 0 aromatic carbocycles. The second kappa shape index (κ2) is 5.39. The topological polar surface area (TPSA) is 81.0 Å². The highest BCUT2D eigenvalue weighted by atomic mass is 16.5. The van der Waals surface area contributed by atoms with E-state index in [1.54, 1.807) is 11.5 Å². The summed E-state index contributed by atoms with van der Waals surface area (Å²) in [6.07, 6.45) is 0.262. The number of ether oxygens (including phenoxy) is 1. The van der Waals surface area contributed by atoms with E-state index in [2.05, 4.69) is 6.07 Å². The van der Waals surface area contributed by atoms with Crippen LogP contribution in [0.2, 0.25) is 0 Å². The number of carbonyl (C=O) groups is 1. The number of hydrogen-bond donors (Lipinski definition) is 1. The van der Waals surface area contributed by atoms with Crippen molar-refractivity contribution in [2.45, 2.75) is 33.7 Å². The Balaban J connectivity index is 2.86. The average Bonchev–Trinajstić information content (AvgIpc) is 2.49. The van der Waals surface area contributed by atoms with Crippen molar-refractivity contribution in [3.8, 4) is 6.07 Å². The number of nitriles is 1. The Labute approximate surface area is 101 Å². The zero-order valence-electron chi connectivity index (χ0n) is 10.4. The first-order valence-corrected chi connectivity index (χ1v) is 5.53. The molecule has 0 amide bonds. The molecule has 1 rings (SSSR count). The van der Waals surface area contributed by atoms with Gasteiger partial charge in [-0.25, -0.2) is 0 Å². The van der Waals surface area contributed by atoms with E-state index in [1.807, 2.05) is 13.8 Å². The molecule has 92 valence electrons. The molecule has 0 spiro atoms. The third-order valence-electron chi connectivity index (χ3n) is 2.83. The Morgan fingerprint density at radius 1 is 1.53 bits per heavy atom. The minimum atomic E-state index is -0.254. The number of hydrogen-bond acceptors (Lipinski definition) is 4. The summed E-state index contributed by atoms with van der Waals surface area (Å²) in [7, 11) is 0. The van der Waals surface area contributed by atoms with E-state index in [-0.39, 0.29) is 12.4 Å². The zero-order chi connectivity index (χ0) is 13.0. The Kier molecular flexibility index (Phi) is 4.16. The Morgan fingerprint density at radius 2 is 2.18 bits per heavy atom. The molecule has 0 bridgehead atoms. The predicted molar refractivity (Wildman–Crippen MR) is 64.3 cm³/mol. The lowest BCUT2D eigenvalue weighted by atomic mass is 10.2. The van der Waals surface area contributed by atoms with E-state index in [0.29, 0.717) is 24.5 Å². The van der Waals surface area contributed by atoms with Crippen molar-refractivity contribution in [1.82, 2.24) is 4.57 Å². The number of nitrogens with zero attached hydrogens (tertiary/aromatic N) is 2. The van der Waals surface area contributed by atoms with Crippen LogP contribution in [0.25, 0.3) is 0 Å². The van der Waals surface area contributed by atoms with Gasteiger partial charge in [0.2, 0.25) is 0 Å². The Hall–Kier alpha value is -1.96. The largest absolute Gasteiger partial charge is 0.466 e.